The van der Waals surface area contributed by atoms with Crippen molar-refractivity contribution >= 4 is 16.8 Å². The van der Waals surface area contributed by atoms with Crippen LogP contribution < -0.4 is 19.5 Å². The molecule has 192 valence electrons. The Kier molecular flexibility index (Phi) is 6.36. The van der Waals surface area contributed by atoms with E-state index in [9.17, 15) is 22.4 Å². The van der Waals surface area contributed by atoms with Crippen LogP contribution in [0.4, 0.5) is 17.6 Å². The summed E-state index contributed by atoms with van der Waals surface area (Å²) in [5.74, 6) is -1.15. The lowest BCUT2D eigenvalue weighted by atomic mass is 10.0. The second kappa shape index (κ2) is 9.64. The summed E-state index contributed by atoms with van der Waals surface area (Å²) in [6.07, 6.45) is -4.44. The number of amides is 1. The molecule has 0 radical (unpaired) electrons. The molecular weight excluding hydrogens is 494 g/mol. The quantitative estimate of drug-likeness (QED) is 0.361. The van der Waals surface area contributed by atoms with Gasteiger partial charge in [0.15, 0.2) is 11.5 Å². The molecule has 1 aromatic heterocycles. The van der Waals surface area contributed by atoms with Gasteiger partial charge >= 0.3 is 12.1 Å². The average molecular weight is 515 g/mol. The van der Waals surface area contributed by atoms with Crippen LogP contribution in [-0.2, 0) is 4.79 Å². The maximum Gasteiger partial charge on any atom is 0.471 e. The van der Waals surface area contributed by atoms with Crippen molar-refractivity contribution in [2.45, 2.75) is 25.2 Å². The van der Waals surface area contributed by atoms with Crippen molar-refractivity contribution in [1.82, 2.24) is 15.1 Å². The van der Waals surface area contributed by atoms with Gasteiger partial charge in [-0.15, -0.1) is 0 Å². The maximum atomic E-state index is 13.3. The van der Waals surface area contributed by atoms with E-state index in [-0.39, 0.29) is 5.82 Å². The second-order valence-corrected chi connectivity index (χ2v) is 8.45. The van der Waals surface area contributed by atoms with Crippen LogP contribution in [0.3, 0.4) is 0 Å². The van der Waals surface area contributed by atoms with Crippen molar-refractivity contribution in [3.63, 3.8) is 0 Å². The Labute approximate surface area is 208 Å². The van der Waals surface area contributed by atoms with E-state index in [2.05, 4.69) is 5.10 Å². The summed E-state index contributed by atoms with van der Waals surface area (Å²) in [7, 11) is 0. The number of hydrogen-bond acceptors (Lipinski definition) is 5. The monoisotopic (exact) mass is 515 g/mol. The normalized spacial score (nSPS) is 14.7. The van der Waals surface area contributed by atoms with Gasteiger partial charge in [0, 0.05) is 5.39 Å². The molecule has 2 heterocycles. The molecule has 0 bridgehead atoms. The van der Waals surface area contributed by atoms with Crippen LogP contribution in [0, 0.1) is 5.82 Å². The minimum absolute atomic E-state index is 0.330. The van der Waals surface area contributed by atoms with Gasteiger partial charge in [0.2, 0.25) is 0 Å². The van der Waals surface area contributed by atoms with Gasteiger partial charge < -0.3 is 19.5 Å². The number of fused-ring (bicyclic) bond motifs is 2. The molecule has 37 heavy (non-hydrogen) atoms. The summed E-state index contributed by atoms with van der Waals surface area (Å²) >= 11 is 0. The number of halogens is 4. The number of carbonyl (C=O) groups excluding carboxylic acids is 1. The fourth-order valence-electron chi connectivity index (χ4n) is 4.08. The molecule has 0 fully saturated rings. The highest BCUT2D eigenvalue weighted by molar-refractivity contribution is 5.82. The first-order chi connectivity index (χ1) is 17.7. The first-order valence-electron chi connectivity index (χ1n) is 11.4. The highest BCUT2D eigenvalue weighted by Gasteiger charge is 2.40. The topological polar surface area (TPSA) is 74.6 Å². The Balaban J connectivity index is 1.46. The van der Waals surface area contributed by atoms with Crippen molar-refractivity contribution in [3.05, 3.63) is 78.2 Å². The van der Waals surface area contributed by atoms with Crippen LogP contribution in [0.25, 0.3) is 16.6 Å². The predicted octanol–water partition coefficient (Wildman–Crippen LogP) is 5.12. The number of carbonyl (C=O) groups is 1. The number of rotatable bonds is 6. The number of alkyl halides is 3. The number of ether oxygens (including phenoxy) is 3. The summed E-state index contributed by atoms with van der Waals surface area (Å²) < 4.78 is 71.1. The molecule has 1 amide bonds. The van der Waals surface area contributed by atoms with Crippen molar-refractivity contribution in [2.75, 3.05) is 13.2 Å². The average Bonchev–Trinajstić information content (AvgIpc) is 3.30. The Morgan fingerprint density at radius 1 is 1.03 bits per heavy atom. The lowest BCUT2D eigenvalue weighted by Crippen LogP contribution is -2.45. The van der Waals surface area contributed by atoms with Crippen molar-refractivity contribution < 1.29 is 36.6 Å². The minimum atomic E-state index is -5.04. The Bertz CT molecular complexity index is 1440. The zero-order valence-corrected chi connectivity index (χ0v) is 19.5. The third-order valence-corrected chi connectivity index (χ3v) is 5.84. The van der Waals surface area contributed by atoms with E-state index in [4.69, 9.17) is 14.2 Å². The third-order valence-electron chi connectivity index (χ3n) is 5.84. The molecule has 11 heteroatoms. The van der Waals surface area contributed by atoms with E-state index in [1.54, 1.807) is 59.4 Å². The zero-order valence-electron chi connectivity index (χ0n) is 19.5. The van der Waals surface area contributed by atoms with Crippen molar-refractivity contribution in [3.8, 4) is 22.9 Å². The number of nitrogens with one attached hydrogen (secondary N) is 1. The first-order valence-corrected chi connectivity index (χ1v) is 11.4. The highest BCUT2D eigenvalue weighted by Crippen LogP contribution is 2.36. The highest BCUT2D eigenvalue weighted by atomic mass is 19.4. The molecular formula is C26H21F4N3O4. The van der Waals surface area contributed by atoms with Gasteiger partial charge in [-0.1, -0.05) is 6.07 Å². The molecule has 0 saturated carbocycles. The zero-order chi connectivity index (χ0) is 26.2. The van der Waals surface area contributed by atoms with Crippen molar-refractivity contribution in [2.24, 2.45) is 0 Å². The Morgan fingerprint density at radius 3 is 2.49 bits per heavy atom. The van der Waals surface area contributed by atoms with Gasteiger partial charge in [0.05, 0.1) is 23.4 Å². The van der Waals surface area contributed by atoms with Gasteiger partial charge in [-0.2, -0.15) is 18.3 Å². The largest absolute Gasteiger partial charge is 0.486 e. The van der Waals surface area contributed by atoms with Crippen LogP contribution >= 0.6 is 0 Å². The summed E-state index contributed by atoms with van der Waals surface area (Å²) in [5, 5.41) is 7.02. The number of nitrogens with zero attached hydrogens (tertiary/aromatic N) is 2. The lowest BCUT2D eigenvalue weighted by Gasteiger charge is -2.28. The van der Waals surface area contributed by atoms with E-state index < -0.39 is 24.2 Å². The number of aromatic nitrogens is 2. The van der Waals surface area contributed by atoms with Crippen LogP contribution in [-0.4, -0.2) is 41.1 Å². The van der Waals surface area contributed by atoms with Crippen LogP contribution in [0.15, 0.2) is 66.9 Å². The van der Waals surface area contributed by atoms with Gasteiger partial charge in [-0.25, -0.2) is 9.07 Å². The molecule has 7 nitrogen and oxygen atoms in total. The summed E-state index contributed by atoms with van der Waals surface area (Å²) in [6.45, 7) is 2.14. The molecule has 5 rings (SSSR count). The smallest absolute Gasteiger partial charge is 0.471 e. The van der Waals surface area contributed by atoms with Crippen LogP contribution in [0.5, 0.6) is 17.2 Å². The summed E-state index contributed by atoms with van der Waals surface area (Å²) in [4.78, 5) is 11.7. The minimum Gasteiger partial charge on any atom is -0.486 e. The van der Waals surface area contributed by atoms with Gasteiger partial charge in [0.1, 0.15) is 30.9 Å². The molecule has 0 spiro atoms. The molecule has 0 aliphatic carbocycles. The molecule has 3 aromatic carbocycles. The van der Waals surface area contributed by atoms with Crippen LogP contribution in [0.2, 0.25) is 0 Å². The molecule has 1 N–H and O–H groups in total. The summed E-state index contributed by atoms with van der Waals surface area (Å²) in [6, 6.07) is 14.8. The van der Waals surface area contributed by atoms with Gasteiger partial charge in [-0.3, -0.25) is 4.79 Å². The second-order valence-electron chi connectivity index (χ2n) is 8.45. The molecule has 4 aromatic rings. The molecule has 0 saturated heterocycles. The molecule has 2 atom stereocenters. The SMILES string of the molecule is CC(NC(=O)C(F)(F)F)[C@H](Oc1ccc2c(cnn2-c2ccc(F)cc2)c1)c1ccc2c(c1)OCCO2. The molecule has 1 aliphatic heterocycles. The maximum absolute atomic E-state index is 13.3. The van der Waals surface area contributed by atoms with E-state index in [0.29, 0.717) is 52.6 Å². The predicted molar refractivity (Wildman–Crippen MR) is 125 cm³/mol. The van der Waals surface area contributed by atoms with E-state index in [1.807, 2.05) is 5.32 Å². The van der Waals surface area contributed by atoms with Gasteiger partial charge in [0.25, 0.3) is 0 Å². The van der Waals surface area contributed by atoms with Crippen molar-refractivity contribution in [1.29, 1.82) is 0 Å². The molecule has 1 unspecified atom stereocenters. The lowest BCUT2D eigenvalue weighted by molar-refractivity contribution is -0.174. The van der Waals surface area contributed by atoms with Gasteiger partial charge in [-0.05, 0) is 67.1 Å². The fraction of sp³-hybridized carbons (Fsp3) is 0.231. The Morgan fingerprint density at radius 2 is 1.76 bits per heavy atom. The van der Waals surface area contributed by atoms with Crippen LogP contribution in [0.1, 0.15) is 18.6 Å². The standard InChI is InChI=1S/C26H21F4N3O4/c1-15(32-25(34)26(28,29)30)24(16-2-9-22-23(13-16)36-11-10-35-22)37-20-7-8-21-17(12-20)14-31-33(21)19-5-3-18(27)4-6-19/h2-9,12-15,24H,10-11H2,1H3,(H,32,34)/t15?,24-/m0/s1. The summed E-state index contributed by atoms with van der Waals surface area (Å²) in [5.41, 5.74) is 1.86. The van der Waals surface area contributed by atoms with E-state index in [1.165, 1.54) is 19.1 Å². The Hall–Kier alpha value is -4.28. The number of benzene rings is 3. The first kappa shape index (κ1) is 24.4. The molecule has 1 aliphatic rings. The van der Waals surface area contributed by atoms with E-state index in [0.717, 1.165) is 0 Å². The third kappa shape index (κ3) is 5.16. The van der Waals surface area contributed by atoms with E-state index >= 15 is 0 Å². The number of hydrogen-bond donors (Lipinski definition) is 1. The fourth-order valence-corrected chi connectivity index (χ4v) is 4.08.